The molecule has 0 aromatic rings. The highest BCUT2D eigenvalue weighted by molar-refractivity contribution is 9.11. The minimum atomic E-state index is -3.50. The minimum absolute atomic E-state index is 0.631. The van der Waals surface area contributed by atoms with Crippen LogP contribution >= 0.6 is 15.9 Å². The van der Waals surface area contributed by atoms with Crippen LogP contribution in [-0.2, 0) is 14.6 Å². The molecule has 4 nitrogen and oxygen atoms in total. The molecule has 0 saturated heterocycles. The quantitative estimate of drug-likeness (QED) is 0.796. The highest BCUT2D eigenvalue weighted by Crippen LogP contribution is 2.53. The van der Waals surface area contributed by atoms with E-state index in [1.807, 2.05) is 0 Å². The smallest absolute Gasteiger partial charge is 0.227 e. The van der Waals surface area contributed by atoms with E-state index in [0.717, 1.165) is 0 Å². The molecule has 2 unspecified atom stereocenters. The molecule has 0 aromatic carbocycles. The van der Waals surface area contributed by atoms with Crippen molar-refractivity contribution >= 4 is 31.7 Å². The fourth-order valence-corrected chi connectivity index (χ4v) is 5.85. The third-order valence-electron chi connectivity index (χ3n) is 3.48. The maximum absolute atomic E-state index is 12.6. The first-order chi connectivity index (χ1) is 7.75. The molecule has 0 heterocycles. The lowest BCUT2D eigenvalue weighted by molar-refractivity contribution is -0.120. The molecule has 0 bridgehead atoms. The number of rotatable bonds is 3. The van der Waals surface area contributed by atoms with Crippen molar-refractivity contribution in [1.82, 2.24) is 0 Å². The van der Waals surface area contributed by atoms with Crippen LogP contribution in [-0.4, -0.2) is 22.7 Å². The Hall–Kier alpha value is -0.620. The summed E-state index contributed by atoms with van der Waals surface area (Å²) in [6.07, 6.45) is 7.55. The Morgan fingerprint density at radius 1 is 1.41 bits per heavy atom. The molecule has 94 valence electrons. The second-order valence-corrected chi connectivity index (χ2v) is 9.28. The number of carbonyl (C=O) groups is 1. The molecule has 2 atom stereocenters. The third kappa shape index (κ3) is 1.69. The molecule has 0 spiro atoms. The molecule has 0 radical (unpaired) electrons. The monoisotopic (exact) mass is 319 g/mol. The van der Waals surface area contributed by atoms with Crippen LogP contribution < -0.4 is 5.73 Å². The van der Waals surface area contributed by atoms with Gasteiger partial charge >= 0.3 is 0 Å². The second kappa shape index (κ2) is 3.68. The topological polar surface area (TPSA) is 77.2 Å². The summed E-state index contributed by atoms with van der Waals surface area (Å²) in [5.41, 5.74) is 5.28. The fraction of sp³-hybridized carbons (Fsp3) is 0.545. The van der Waals surface area contributed by atoms with Crippen LogP contribution in [0.4, 0.5) is 0 Å². The summed E-state index contributed by atoms with van der Waals surface area (Å²) < 4.78 is 23.0. The Bertz CT molecular complexity index is 519. The Kier molecular flexibility index (Phi) is 2.78. The highest BCUT2D eigenvalue weighted by Gasteiger charge is 2.61. The number of amides is 1. The number of alkyl halides is 1. The Labute approximate surface area is 109 Å². The fourth-order valence-electron chi connectivity index (χ4n) is 1.96. The number of halogens is 1. The molecule has 0 aliphatic heterocycles. The molecule has 17 heavy (non-hydrogen) atoms. The van der Waals surface area contributed by atoms with Crippen molar-refractivity contribution in [3.63, 3.8) is 0 Å². The van der Waals surface area contributed by atoms with Gasteiger partial charge in [-0.2, -0.15) is 0 Å². The van der Waals surface area contributed by atoms with Crippen molar-refractivity contribution in [3.05, 3.63) is 24.3 Å². The number of hydrogen-bond donors (Lipinski definition) is 1. The van der Waals surface area contributed by atoms with Crippen molar-refractivity contribution in [2.75, 3.05) is 0 Å². The van der Waals surface area contributed by atoms with Gasteiger partial charge in [0.25, 0.3) is 0 Å². The van der Waals surface area contributed by atoms with Crippen LogP contribution in [0, 0.1) is 5.92 Å². The third-order valence-corrected chi connectivity index (χ3v) is 8.44. The van der Waals surface area contributed by atoms with Crippen LogP contribution in [0.5, 0.6) is 0 Å². The summed E-state index contributed by atoms with van der Waals surface area (Å²) in [6, 6.07) is 0. The molecule has 0 aromatic heterocycles. The van der Waals surface area contributed by atoms with Gasteiger partial charge in [-0.05, 0) is 19.8 Å². The zero-order valence-corrected chi connectivity index (χ0v) is 11.8. The number of allylic oxidation sites excluding steroid dienone is 2. The normalized spacial score (nSPS) is 34.6. The zero-order chi connectivity index (χ0) is 12.9. The van der Waals surface area contributed by atoms with Gasteiger partial charge in [-0.3, -0.25) is 4.79 Å². The van der Waals surface area contributed by atoms with E-state index < -0.39 is 30.1 Å². The predicted octanol–water partition coefficient (Wildman–Crippen LogP) is 1.27. The molecule has 2 aliphatic carbocycles. The van der Waals surface area contributed by atoms with Gasteiger partial charge in [-0.15, -0.1) is 0 Å². The Morgan fingerprint density at radius 2 is 2.00 bits per heavy atom. The van der Waals surface area contributed by atoms with Gasteiger partial charge in [-0.1, -0.05) is 40.2 Å². The molecular formula is C11H14BrNO3S. The number of sulfone groups is 1. The van der Waals surface area contributed by atoms with Gasteiger partial charge in [-0.25, -0.2) is 8.42 Å². The van der Waals surface area contributed by atoms with E-state index in [0.29, 0.717) is 12.8 Å². The molecule has 1 saturated carbocycles. The van der Waals surface area contributed by atoms with E-state index in [9.17, 15) is 13.2 Å². The van der Waals surface area contributed by atoms with Gasteiger partial charge in [0.05, 0.1) is 10.7 Å². The molecule has 6 heteroatoms. The van der Waals surface area contributed by atoms with E-state index >= 15 is 0 Å². The van der Waals surface area contributed by atoms with Crippen LogP contribution in [0.1, 0.15) is 19.8 Å². The maximum Gasteiger partial charge on any atom is 0.227 e. The lowest BCUT2D eigenvalue weighted by Crippen LogP contribution is -2.48. The molecule has 1 fully saturated rings. The summed E-state index contributed by atoms with van der Waals surface area (Å²) in [7, 11) is -3.50. The van der Waals surface area contributed by atoms with Gasteiger partial charge in [0, 0.05) is 0 Å². The van der Waals surface area contributed by atoms with E-state index in [1.54, 1.807) is 19.1 Å². The van der Waals surface area contributed by atoms with E-state index in [2.05, 4.69) is 15.9 Å². The van der Waals surface area contributed by atoms with Gasteiger partial charge in [0.15, 0.2) is 13.5 Å². The van der Waals surface area contributed by atoms with Crippen LogP contribution in [0.3, 0.4) is 0 Å². The van der Waals surface area contributed by atoms with E-state index in [4.69, 9.17) is 5.73 Å². The second-order valence-electron chi connectivity index (χ2n) is 4.78. The zero-order valence-electron chi connectivity index (χ0n) is 9.39. The molecule has 1 amide bonds. The van der Waals surface area contributed by atoms with Crippen molar-refractivity contribution < 1.29 is 13.2 Å². The van der Waals surface area contributed by atoms with Crippen LogP contribution in [0.25, 0.3) is 0 Å². The summed E-state index contributed by atoms with van der Waals surface area (Å²) in [5, 5.41) is 0. The van der Waals surface area contributed by atoms with Crippen LogP contribution in [0.2, 0.25) is 0 Å². The molecular weight excluding hydrogens is 306 g/mol. The number of carbonyl (C=O) groups excluding carboxylic acids is 1. The van der Waals surface area contributed by atoms with Gasteiger partial charge < -0.3 is 5.73 Å². The SMILES string of the molecule is CC1(S(=O)(=O)C2(Br)C=CC=CC2C(N)=O)CC1. The lowest BCUT2D eigenvalue weighted by atomic mass is 10.00. The average Bonchev–Trinajstić information content (AvgIpc) is 2.98. The van der Waals surface area contributed by atoms with E-state index in [-0.39, 0.29) is 0 Å². The van der Waals surface area contributed by atoms with Crippen molar-refractivity contribution in [2.24, 2.45) is 11.7 Å². The standard InChI is InChI=1S/C11H14BrNO3S/c1-10(6-7-10)17(15,16)11(12)5-3-2-4-8(11)9(13)14/h2-5,8H,6-7H2,1H3,(H2,13,14). The largest absolute Gasteiger partial charge is 0.369 e. The number of nitrogens with two attached hydrogens (primary N) is 1. The van der Waals surface area contributed by atoms with Gasteiger partial charge in [0.1, 0.15) is 0 Å². The minimum Gasteiger partial charge on any atom is -0.369 e. The van der Waals surface area contributed by atoms with Crippen molar-refractivity contribution in [1.29, 1.82) is 0 Å². The maximum atomic E-state index is 12.6. The molecule has 2 aliphatic rings. The summed E-state index contributed by atoms with van der Waals surface area (Å²) in [4.78, 5) is 11.4. The molecule has 2 N–H and O–H groups in total. The van der Waals surface area contributed by atoms with Crippen LogP contribution in [0.15, 0.2) is 24.3 Å². The Morgan fingerprint density at radius 3 is 2.47 bits per heavy atom. The van der Waals surface area contributed by atoms with Gasteiger partial charge in [0.2, 0.25) is 5.91 Å². The van der Waals surface area contributed by atoms with Crippen molar-refractivity contribution in [3.8, 4) is 0 Å². The molecule has 2 rings (SSSR count). The predicted molar refractivity (Wildman–Crippen MR) is 69.2 cm³/mol. The van der Waals surface area contributed by atoms with Crippen molar-refractivity contribution in [2.45, 2.75) is 28.2 Å². The lowest BCUT2D eigenvalue weighted by Gasteiger charge is -2.33. The number of primary amides is 1. The summed E-state index contributed by atoms with van der Waals surface area (Å²) >= 11 is 3.23. The first-order valence-corrected chi connectivity index (χ1v) is 7.61. The highest BCUT2D eigenvalue weighted by atomic mass is 79.9. The first kappa shape index (κ1) is 12.8. The Balaban J connectivity index is 2.51. The number of hydrogen-bond acceptors (Lipinski definition) is 3. The first-order valence-electron chi connectivity index (χ1n) is 5.33. The summed E-state index contributed by atoms with van der Waals surface area (Å²) in [6.45, 7) is 1.70. The van der Waals surface area contributed by atoms with E-state index in [1.165, 1.54) is 12.2 Å². The average molecular weight is 320 g/mol. The summed E-state index contributed by atoms with van der Waals surface area (Å²) in [5.74, 6) is -1.51.